The van der Waals surface area contributed by atoms with Crippen molar-refractivity contribution in [1.82, 2.24) is 0 Å². The molecule has 0 bridgehead atoms. The highest BCUT2D eigenvalue weighted by molar-refractivity contribution is 5.83. The number of nitrogens with one attached hydrogen (secondary N) is 2. The second-order valence-electron chi connectivity index (χ2n) is 14.2. The highest BCUT2D eigenvalue weighted by Crippen LogP contribution is 2.35. The molecule has 0 heterocycles. The van der Waals surface area contributed by atoms with E-state index in [-0.39, 0.29) is 10.8 Å². The molecule has 0 radical (unpaired) electrons. The van der Waals surface area contributed by atoms with E-state index in [1.807, 2.05) is 0 Å². The molecule has 46 heavy (non-hydrogen) atoms. The summed E-state index contributed by atoms with van der Waals surface area (Å²) in [6.07, 6.45) is 0. The molecule has 0 saturated carbocycles. The summed E-state index contributed by atoms with van der Waals surface area (Å²) in [6, 6.07) is 52.2. The van der Waals surface area contributed by atoms with Gasteiger partial charge in [0.1, 0.15) is 0 Å². The first kappa shape index (κ1) is 30.9. The molecule has 0 unspecified atom stereocenters. The van der Waals surface area contributed by atoms with E-state index in [0.717, 1.165) is 22.7 Å². The summed E-state index contributed by atoms with van der Waals surface area (Å²) in [5.41, 5.74) is 14.5. The Morgan fingerprint density at radius 1 is 0.326 bits per heavy atom. The van der Waals surface area contributed by atoms with E-state index < -0.39 is 0 Å². The number of para-hydroxylation sites is 2. The van der Waals surface area contributed by atoms with Crippen molar-refractivity contribution >= 4 is 22.7 Å². The normalized spacial score (nSPS) is 11.7. The van der Waals surface area contributed by atoms with Gasteiger partial charge >= 0.3 is 0 Å². The van der Waals surface area contributed by atoms with Crippen molar-refractivity contribution in [3.05, 3.63) is 157 Å². The Kier molecular flexibility index (Phi) is 8.56. The fraction of sp³-hybridized carbons (Fsp3) is 0.182. The Morgan fingerprint density at radius 2 is 0.630 bits per heavy atom. The van der Waals surface area contributed by atoms with Crippen LogP contribution in [0.4, 0.5) is 22.7 Å². The van der Waals surface area contributed by atoms with Crippen molar-refractivity contribution in [3.8, 4) is 33.4 Å². The standard InChI is InChI=1S/C44H44N2/c1-43(2,3)35-23-15-33(16-24-35)39-11-7-9-13-41(39)45-37-27-19-31(20-28-37)32-21-29-38(30-22-32)46-42-14-10-8-12-40(42)34-17-25-36(26-18-34)44(4,5)6/h7-30,45-46H,1-6H3. The van der Waals surface area contributed by atoms with Gasteiger partial charge in [0.05, 0.1) is 0 Å². The fourth-order valence-corrected chi connectivity index (χ4v) is 5.79. The third kappa shape index (κ3) is 7.08. The van der Waals surface area contributed by atoms with Crippen LogP contribution in [0, 0.1) is 0 Å². The van der Waals surface area contributed by atoms with Gasteiger partial charge in [-0.2, -0.15) is 0 Å². The third-order valence-electron chi connectivity index (χ3n) is 8.64. The zero-order valence-electron chi connectivity index (χ0n) is 27.9. The molecule has 6 aromatic rings. The minimum absolute atomic E-state index is 0.139. The van der Waals surface area contributed by atoms with E-state index in [0.29, 0.717) is 0 Å². The van der Waals surface area contributed by atoms with E-state index in [1.54, 1.807) is 0 Å². The molecule has 230 valence electrons. The summed E-state index contributed by atoms with van der Waals surface area (Å²) >= 11 is 0. The van der Waals surface area contributed by atoms with Gasteiger partial charge in [-0.25, -0.2) is 0 Å². The average Bonchev–Trinajstić information content (AvgIpc) is 3.05. The second kappa shape index (κ2) is 12.7. The zero-order valence-corrected chi connectivity index (χ0v) is 27.9. The van der Waals surface area contributed by atoms with Crippen LogP contribution in [0.5, 0.6) is 0 Å². The summed E-state index contributed by atoms with van der Waals surface area (Å²) in [7, 11) is 0. The number of hydrogen-bond donors (Lipinski definition) is 2. The lowest BCUT2D eigenvalue weighted by Crippen LogP contribution is -2.10. The van der Waals surface area contributed by atoms with Crippen LogP contribution in [-0.4, -0.2) is 0 Å². The average molecular weight is 601 g/mol. The second-order valence-corrected chi connectivity index (χ2v) is 14.2. The van der Waals surface area contributed by atoms with Gasteiger partial charge in [0, 0.05) is 33.9 Å². The highest BCUT2D eigenvalue weighted by Gasteiger charge is 2.15. The molecule has 0 fully saturated rings. The maximum atomic E-state index is 3.65. The first-order valence-corrected chi connectivity index (χ1v) is 16.2. The summed E-state index contributed by atoms with van der Waals surface area (Å²) < 4.78 is 0. The van der Waals surface area contributed by atoms with Crippen LogP contribution in [0.1, 0.15) is 52.7 Å². The molecule has 6 rings (SSSR count). The quantitative estimate of drug-likeness (QED) is 0.190. The van der Waals surface area contributed by atoms with Crippen molar-refractivity contribution in [2.24, 2.45) is 0 Å². The van der Waals surface area contributed by atoms with Crippen molar-refractivity contribution in [2.45, 2.75) is 52.4 Å². The Morgan fingerprint density at radius 3 is 0.957 bits per heavy atom. The van der Waals surface area contributed by atoms with Crippen LogP contribution in [0.25, 0.3) is 33.4 Å². The Bertz CT molecular complexity index is 1760. The minimum Gasteiger partial charge on any atom is -0.355 e. The fourth-order valence-electron chi connectivity index (χ4n) is 5.79. The van der Waals surface area contributed by atoms with Crippen molar-refractivity contribution < 1.29 is 0 Å². The molecule has 0 amide bonds. The lowest BCUT2D eigenvalue weighted by molar-refractivity contribution is 0.590. The Balaban J connectivity index is 1.15. The zero-order chi connectivity index (χ0) is 32.3. The molecule has 6 aromatic carbocycles. The highest BCUT2D eigenvalue weighted by atomic mass is 14.9. The Labute approximate surface area is 275 Å². The van der Waals surface area contributed by atoms with Crippen LogP contribution in [-0.2, 0) is 10.8 Å². The van der Waals surface area contributed by atoms with Crippen molar-refractivity contribution in [2.75, 3.05) is 10.6 Å². The van der Waals surface area contributed by atoms with Gasteiger partial charge in [-0.05, 0) is 80.6 Å². The first-order chi connectivity index (χ1) is 22.0. The van der Waals surface area contributed by atoms with Crippen molar-refractivity contribution in [3.63, 3.8) is 0 Å². The molecule has 2 N–H and O–H groups in total. The van der Waals surface area contributed by atoms with E-state index >= 15 is 0 Å². The number of anilines is 4. The van der Waals surface area contributed by atoms with Gasteiger partial charge in [-0.3, -0.25) is 0 Å². The first-order valence-electron chi connectivity index (χ1n) is 16.2. The smallest absolute Gasteiger partial charge is 0.0463 e. The molecule has 0 aliphatic carbocycles. The van der Waals surface area contributed by atoms with Crippen LogP contribution in [0.2, 0.25) is 0 Å². The predicted octanol–water partition coefficient (Wildman–Crippen LogP) is 12.8. The topological polar surface area (TPSA) is 24.1 Å². The molecule has 2 heteroatoms. The minimum atomic E-state index is 0.139. The molecule has 0 aliphatic rings. The molecule has 2 nitrogen and oxygen atoms in total. The molecule has 0 atom stereocenters. The van der Waals surface area contributed by atoms with E-state index in [9.17, 15) is 0 Å². The molecule has 0 spiro atoms. The number of hydrogen-bond acceptors (Lipinski definition) is 2. The van der Waals surface area contributed by atoms with Crippen LogP contribution >= 0.6 is 0 Å². The lowest BCUT2D eigenvalue weighted by atomic mass is 9.86. The van der Waals surface area contributed by atoms with Gasteiger partial charge in [-0.15, -0.1) is 0 Å². The number of benzene rings is 6. The number of rotatable bonds is 7. The van der Waals surface area contributed by atoms with Crippen LogP contribution < -0.4 is 10.6 Å². The van der Waals surface area contributed by atoms with Gasteiger partial charge in [-0.1, -0.05) is 151 Å². The summed E-state index contributed by atoms with van der Waals surface area (Å²) in [6.45, 7) is 13.5. The van der Waals surface area contributed by atoms with E-state index in [2.05, 4.69) is 198 Å². The maximum Gasteiger partial charge on any atom is 0.0463 e. The van der Waals surface area contributed by atoms with Gasteiger partial charge in [0.2, 0.25) is 0 Å². The monoisotopic (exact) mass is 600 g/mol. The third-order valence-corrected chi connectivity index (χ3v) is 8.64. The van der Waals surface area contributed by atoms with E-state index in [4.69, 9.17) is 0 Å². The largest absolute Gasteiger partial charge is 0.355 e. The van der Waals surface area contributed by atoms with Gasteiger partial charge < -0.3 is 10.6 Å². The SMILES string of the molecule is CC(C)(C)c1ccc(-c2ccccc2Nc2ccc(-c3ccc(Nc4ccccc4-c4ccc(C(C)(C)C)cc4)cc3)cc2)cc1. The maximum absolute atomic E-state index is 3.65. The molecule has 0 aliphatic heterocycles. The molecular weight excluding hydrogens is 556 g/mol. The lowest BCUT2D eigenvalue weighted by Gasteiger charge is -2.20. The summed E-state index contributed by atoms with van der Waals surface area (Å²) in [5.74, 6) is 0. The molecule has 0 saturated heterocycles. The predicted molar refractivity (Wildman–Crippen MR) is 200 cm³/mol. The summed E-state index contributed by atoms with van der Waals surface area (Å²) in [4.78, 5) is 0. The summed E-state index contributed by atoms with van der Waals surface area (Å²) in [5, 5.41) is 7.30. The van der Waals surface area contributed by atoms with E-state index in [1.165, 1.54) is 44.5 Å². The van der Waals surface area contributed by atoms with Gasteiger partial charge in [0.25, 0.3) is 0 Å². The van der Waals surface area contributed by atoms with Crippen LogP contribution in [0.3, 0.4) is 0 Å². The van der Waals surface area contributed by atoms with Gasteiger partial charge in [0.15, 0.2) is 0 Å². The molecular formula is C44H44N2. The Hall–Kier alpha value is -5.08. The van der Waals surface area contributed by atoms with Crippen LogP contribution in [0.15, 0.2) is 146 Å². The van der Waals surface area contributed by atoms with Crippen molar-refractivity contribution in [1.29, 1.82) is 0 Å². The molecule has 0 aromatic heterocycles.